The molecule has 3 N–H and O–H groups in total. The van der Waals surface area contributed by atoms with Crippen molar-refractivity contribution in [2.24, 2.45) is 0 Å². The Morgan fingerprint density at radius 1 is 0.321 bits per heavy atom. The van der Waals surface area contributed by atoms with E-state index in [4.69, 9.17) is 24.7 Å². The summed E-state index contributed by atoms with van der Waals surface area (Å²) in [4.78, 5) is 20.0. The summed E-state index contributed by atoms with van der Waals surface area (Å²) in [6, 6.07) is 105. The van der Waals surface area contributed by atoms with Crippen LogP contribution in [0.4, 0.5) is 17.1 Å². The van der Waals surface area contributed by atoms with Crippen molar-refractivity contribution in [3.63, 3.8) is 0 Å². The number of para-hydroxylation sites is 1. The fourth-order valence-corrected chi connectivity index (χ4v) is 18.7. The summed E-state index contributed by atoms with van der Waals surface area (Å²) in [7, 11) is 1.73. The van der Waals surface area contributed by atoms with Crippen molar-refractivity contribution in [1.82, 2.24) is 19.9 Å². The third kappa shape index (κ3) is 23.5. The Morgan fingerprint density at radius 3 is 1.24 bits per heavy atom. The third-order valence-corrected chi connectivity index (χ3v) is 26.4. The number of methoxy groups -OCH3 is 1. The van der Waals surface area contributed by atoms with Gasteiger partial charge < -0.3 is 20.7 Å². The predicted molar refractivity (Wildman–Crippen MR) is 472 cm³/mol. The quantitative estimate of drug-likeness (QED) is 0.0462. The zero-order valence-electron chi connectivity index (χ0n) is 66.8. The number of nitrogens with zero attached hydrogens (tertiary/aromatic N) is 4. The van der Waals surface area contributed by atoms with Crippen LogP contribution in [0.3, 0.4) is 0 Å². The molecule has 2 unspecified atom stereocenters. The molecule has 560 valence electrons. The molecule has 0 aliphatic heterocycles. The van der Waals surface area contributed by atoms with E-state index < -0.39 is 0 Å². The minimum atomic E-state index is -0.0500. The van der Waals surface area contributed by atoms with E-state index >= 15 is 0 Å². The van der Waals surface area contributed by atoms with Crippen molar-refractivity contribution >= 4 is 43.7 Å². The van der Waals surface area contributed by atoms with Gasteiger partial charge >= 0.3 is 0 Å². The molecule has 13 aromatic rings. The van der Waals surface area contributed by atoms with E-state index in [-0.39, 0.29) is 27.9 Å². The fraction of sp³-hybridized carbons (Fsp3) is 0.273. The molecule has 0 amide bonds. The number of fused-ring (bicyclic) bond motifs is 1. The van der Waals surface area contributed by atoms with Gasteiger partial charge in [-0.15, -0.1) is 0 Å². The maximum Gasteiger partial charge on any atom is 0.119 e. The van der Waals surface area contributed by atoms with E-state index in [1.54, 1.807) is 7.11 Å². The predicted octanol–water partition coefficient (Wildman–Crippen LogP) is 27.5. The van der Waals surface area contributed by atoms with E-state index in [1.807, 2.05) is 66.7 Å². The second kappa shape index (κ2) is 40.9. The lowest BCUT2D eigenvalue weighted by Crippen LogP contribution is -2.17. The van der Waals surface area contributed by atoms with Crippen molar-refractivity contribution in [2.75, 3.05) is 23.1 Å². The van der Waals surface area contributed by atoms with Gasteiger partial charge in [-0.3, -0.25) is 19.9 Å². The number of hydrogen-bond donors (Lipinski definition) is 3. The maximum absolute atomic E-state index is 5.16. The maximum atomic E-state index is 5.16. The topological polar surface area (TPSA) is 96.9 Å². The van der Waals surface area contributed by atoms with Crippen LogP contribution >= 0.6 is 15.8 Å². The van der Waals surface area contributed by atoms with Crippen molar-refractivity contribution in [3.8, 4) is 39.5 Å². The SMILES string of the molecule is CC(C)P(Cc1cccc(CP(C(C)C)C(C)C)n1)C(C)C.CC(C)c1ccc(NC(c2ccccc2)c2cccc(-c3cccc4ccccc34)n2)cc1.CC(C)c1cccc(C(C)C)c1NC(c1ccccc1)c1cccc(-c2ccccc2)n1.COc1ccc(NCc2cccc(-c3ccccc3)n2)cc1. The summed E-state index contributed by atoms with van der Waals surface area (Å²) in [5.74, 6) is 2.23. The van der Waals surface area contributed by atoms with Crippen LogP contribution in [0.2, 0.25) is 0 Å². The van der Waals surface area contributed by atoms with Crippen LogP contribution in [0, 0.1) is 0 Å². The minimum absolute atomic E-state index is 0.0302. The van der Waals surface area contributed by atoms with Gasteiger partial charge in [-0.25, -0.2) is 0 Å². The molecule has 0 saturated carbocycles. The molecule has 109 heavy (non-hydrogen) atoms. The number of aromatic nitrogens is 4. The summed E-state index contributed by atoms with van der Waals surface area (Å²) in [5, 5.41) is 13.5. The van der Waals surface area contributed by atoms with E-state index in [1.165, 1.54) is 68.0 Å². The van der Waals surface area contributed by atoms with Crippen LogP contribution in [0.5, 0.6) is 5.75 Å². The highest BCUT2D eigenvalue weighted by Gasteiger charge is 2.24. The fourth-order valence-electron chi connectivity index (χ4n) is 13.8. The molecule has 9 aromatic carbocycles. The lowest BCUT2D eigenvalue weighted by Gasteiger charge is -2.27. The highest BCUT2D eigenvalue weighted by atomic mass is 31.1. The number of hydrogen-bond acceptors (Lipinski definition) is 8. The molecule has 8 nitrogen and oxygen atoms in total. The van der Waals surface area contributed by atoms with Crippen molar-refractivity contribution in [2.45, 2.75) is 168 Å². The molecule has 0 aliphatic carbocycles. The number of rotatable bonds is 26. The largest absolute Gasteiger partial charge is 0.497 e. The van der Waals surface area contributed by atoms with Gasteiger partial charge in [0.2, 0.25) is 0 Å². The molecule has 0 aliphatic rings. The first-order valence-corrected chi connectivity index (χ1v) is 42.3. The Hall–Kier alpha value is -10.1. The smallest absolute Gasteiger partial charge is 0.119 e. The van der Waals surface area contributed by atoms with Gasteiger partial charge in [-0.1, -0.05) is 331 Å². The number of anilines is 3. The average Bonchev–Trinajstić information content (AvgIpc) is 0.798. The molecule has 2 atom stereocenters. The molecule has 4 heterocycles. The molecular weight excluding hydrogens is 1370 g/mol. The molecule has 0 bridgehead atoms. The molecule has 4 aromatic heterocycles. The average molecular weight is 1480 g/mol. The first-order chi connectivity index (χ1) is 52.8. The summed E-state index contributed by atoms with van der Waals surface area (Å²) >= 11 is 0. The van der Waals surface area contributed by atoms with Crippen molar-refractivity contribution in [3.05, 3.63) is 360 Å². The Bertz CT molecular complexity index is 4770. The van der Waals surface area contributed by atoms with Gasteiger partial charge in [0.25, 0.3) is 0 Å². The summed E-state index contributed by atoms with van der Waals surface area (Å²) in [6.07, 6.45) is 2.36. The summed E-state index contributed by atoms with van der Waals surface area (Å²) in [5.41, 5.74) is 25.0. The zero-order chi connectivity index (χ0) is 77.2. The van der Waals surface area contributed by atoms with E-state index in [9.17, 15) is 0 Å². The highest BCUT2D eigenvalue weighted by molar-refractivity contribution is 7.58. The van der Waals surface area contributed by atoms with Gasteiger partial charge in [0.1, 0.15) is 5.75 Å². The van der Waals surface area contributed by atoms with E-state index in [0.29, 0.717) is 24.3 Å². The standard InChI is InChI=1S/C31H28N2.C30H32N2.C19H18N2O.C19H35NP2/c1-22(2)23-18-20-26(21-19-23)32-31(25-11-4-3-5-12-25)30-17-9-16-29(33-30)28-15-8-13-24-10-6-7-14-27(24)28;1-21(2)25-17-11-18-26(22(3)4)30(25)32-29(24-15-9-6-10-16-24)28-20-12-19-27(31-28)23-13-7-5-8-14-23;1-22-18-12-10-16(11-13-18)20-14-17-8-5-9-19(21-17)15-6-3-2-4-7-15;1-14(2)21(15(3)4)12-18-10-9-11-19(20-18)13-22(16(5)6)17(7)8/h3-22,31-32H,1-2H3;5-22,29,32H,1-4H3;2-13,20H,14H2,1H3;9-11,14-17H,12-13H2,1-8H3. The second-order valence-corrected chi connectivity index (χ2v) is 36.8. The Labute approximate surface area is 654 Å². The van der Waals surface area contributed by atoms with Crippen molar-refractivity contribution < 1.29 is 4.74 Å². The number of pyridine rings is 4. The molecule has 10 heteroatoms. The molecule has 0 radical (unpaired) electrons. The number of nitrogens with one attached hydrogen (secondary N) is 3. The van der Waals surface area contributed by atoms with Gasteiger partial charge in [0, 0.05) is 57.5 Å². The van der Waals surface area contributed by atoms with Gasteiger partial charge in [-0.2, -0.15) is 0 Å². The normalized spacial score (nSPS) is 11.9. The van der Waals surface area contributed by atoms with Gasteiger partial charge in [0.15, 0.2) is 0 Å². The first-order valence-electron chi connectivity index (χ1n) is 39.0. The molecule has 0 saturated heterocycles. The van der Waals surface area contributed by atoms with Gasteiger partial charge in [0.05, 0.1) is 59.9 Å². The minimum Gasteiger partial charge on any atom is -0.497 e. The molecular formula is C99H113N7OP2. The summed E-state index contributed by atoms with van der Waals surface area (Å²) in [6.45, 7) is 33.1. The molecule has 13 rings (SSSR count). The monoisotopic (exact) mass is 1480 g/mol. The molecule has 0 spiro atoms. The second-order valence-electron chi connectivity index (χ2n) is 30.0. The van der Waals surface area contributed by atoms with Crippen LogP contribution in [-0.2, 0) is 18.9 Å². The van der Waals surface area contributed by atoms with E-state index in [2.05, 4.69) is 349 Å². The van der Waals surface area contributed by atoms with E-state index in [0.717, 1.165) is 90.6 Å². The highest BCUT2D eigenvalue weighted by Crippen LogP contribution is 2.51. The lowest BCUT2D eigenvalue weighted by molar-refractivity contribution is 0.415. The Balaban J connectivity index is 0.000000158. The van der Waals surface area contributed by atoms with Gasteiger partial charge in [-0.05, 0) is 164 Å². The first kappa shape index (κ1) is 81.4. The van der Waals surface area contributed by atoms with Crippen LogP contribution in [0.1, 0.15) is 183 Å². The molecule has 0 fully saturated rings. The Morgan fingerprint density at radius 2 is 0.734 bits per heavy atom. The summed E-state index contributed by atoms with van der Waals surface area (Å²) < 4.78 is 5.16. The van der Waals surface area contributed by atoms with Crippen molar-refractivity contribution in [1.29, 1.82) is 0 Å². The zero-order valence-corrected chi connectivity index (χ0v) is 68.6. The number of ether oxygens (including phenoxy) is 1. The number of benzene rings is 9. The third-order valence-electron chi connectivity index (χ3n) is 19.7. The lowest BCUT2D eigenvalue weighted by atomic mass is 9.91. The van der Waals surface area contributed by atoms with Crippen LogP contribution in [-0.4, -0.2) is 49.7 Å². The van der Waals surface area contributed by atoms with Crippen LogP contribution in [0.15, 0.2) is 303 Å². The van der Waals surface area contributed by atoms with Crippen LogP contribution in [0.25, 0.3) is 44.5 Å². The Kier molecular flexibility index (Phi) is 30.6. The van der Waals surface area contributed by atoms with Crippen LogP contribution < -0.4 is 20.7 Å².